The number of hydrogen-bond donors (Lipinski definition) is 1. The minimum atomic E-state index is 0.0620. The molecule has 1 aromatic carbocycles. The maximum atomic E-state index is 11.9. The predicted molar refractivity (Wildman–Crippen MR) is 84.6 cm³/mol. The molecule has 1 aliphatic rings. The zero-order valence-corrected chi connectivity index (χ0v) is 13.3. The van der Waals surface area contributed by atoms with Crippen molar-refractivity contribution >= 4 is 6.03 Å². The Morgan fingerprint density at radius 3 is 2.76 bits per heavy atom. The fourth-order valence-corrected chi connectivity index (χ4v) is 2.57. The van der Waals surface area contributed by atoms with E-state index in [-0.39, 0.29) is 12.1 Å². The molecule has 2 amide bonds. The van der Waals surface area contributed by atoms with Crippen molar-refractivity contribution in [2.45, 2.75) is 39.7 Å². The zero-order chi connectivity index (χ0) is 15.2. The van der Waals surface area contributed by atoms with Gasteiger partial charge < -0.3 is 15.0 Å². The third-order valence-corrected chi connectivity index (χ3v) is 3.80. The van der Waals surface area contributed by atoms with Gasteiger partial charge in [-0.15, -0.1) is 0 Å². The fraction of sp³-hybridized carbons (Fsp3) is 0.588. The summed E-state index contributed by atoms with van der Waals surface area (Å²) in [4.78, 5) is 13.8. The summed E-state index contributed by atoms with van der Waals surface area (Å²) >= 11 is 0. The van der Waals surface area contributed by atoms with Gasteiger partial charge in [-0.3, -0.25) is 0 Å². The van der Waals surface area contributed by atoms with Gasteiger partial charge in [-0.1, -0.05) is 17.7 Å². The van der Waals surface area contributed by atoms with Crippen molar-refractivity contribution in [1.29, 1.82) is 0 Å². The van der Waals surface area contributed by atoms with E-state index in [1.165, 1.54) is 5.56 Å². The van der Waals surface area contributed by atoms with Crippen LogP contribution in [0.25, 0.3) is 0 Å². The van der Waals surface area contributed by atoms with Gasteiger partial charge in [-0.05, 0) is 51.7 Å². The summed E-state index contributed by atoms with van der Waals surface area (Å²) in [6, 6.07) is 8.39. The summed E-state index contributed by atoms with van der Waals surface area (Å²) in [6.45, 7) is 8.46. The van der Waals surface area contributed by atoms with Gasteiger partial charge >= 0.3 is 6.03 Å². The molecule has 1 saturated heterocycles. The first-order chi connectivity index (χ1) is 10.0. The third kappa shape index (κ3) is 4.96. The van der Waals surface area contributed by atoms with Gasteiger partial charge in [0.15, 0.2) is 0 Å². The molecular formula is C17H26N2O2. The number of benzene rings is 1. The van der Waals surface area contributed by atoms with Crippen LogP contribution >= 0.6 is 0 Å². The molecule has 21 heavy (non-hydrogen) atoms. The largest absolute Gasteiger partial charge is 0.494 e. The Morgan fingerprint density at radius 2 is 2.10 bits per heavy atom. The van der Waals surface area contributed by atoms with Crippen LogP contribution in [-0.2, 0) is 0 Å². The Balaban J connectivity index is 1.68. The summed E-state index contributed by atoms with van der Waals surface area (Å²) < 4.78 is 5.76. The first-order valence-electron chi connectivity index (χ1n) is 7.79. The molecule has 0 bridgehead atoms. The molecule has 1 aromatic rings. The van der Waals surface area contributed by atoms with E-state index >= 15 is 0 Å². The number of amides is 2. The molecule has 0 spiro atoms. The van der Waals surface area contributed by atoms with Crippen molar-refractivity contribution < 1.29 is 9.53 Å². The maximum absolute atomic E-state index is 11.9. The lowest BCUT2D eigenvalue weighted by atomic mass is 10.1. The quantitative estimate of drug-likeness (QED) is 0.904. The number of hydrogen-bond acceptors (Lipinski definition) is 2. The highest BCUT2D eigenvalue weighted by Crippen LogP contribution is 2.20. The highest BCUT2D eigenvalue weighted by molar-refractivity contribution is 5.74. The monoisotopic (exact) mass is 290 g/mol. The maximum Gasteiger partial charge on any atom is 0.317 e. The van der Waals surface area contributed by atoms with Gasteiger partial charge in [-0.25, -0.2) is 4.79 Å². The van der Waals surface area contributed by atoms with Gasteiger partial charge in [0.1, 0.15) is 5.75 Å². The molecular weight excluding hydrogens is 264 g/mol. The molecule has 1 N–H and O–H groups in total. The number of nitrogens with one attached hydrogen (secondary N) is 1. The Morgan fingerprint density at radius 1 is 1.38 bits per heavy atom. The summed E-state index contributed by atoms with van der Waals surface area (Å²) in [5, 5.41) is 2.95. The number of nitrogens with zero attached hydrogens (tertiary/aromatic N) is 1. The SMILES string of the molecule is Cc1ccc(OCCC2CCN(C(=O)NC(C)C)C2)cc1. The van der Waals surface area contributed by atoms with Crippen molar-refractivity contribution in [2.24, 2.45) is 5.92 Å². The summed E-state index contributed by atoms with van der Waals surface area (Å²) in [5.74, 6) is 1.47. The molecule has 4 nitrogen and oxygen atoms in total. The van der Waals surface area contributed by atoms with E-state index in [0.29, 0.717) is 12.5 Å². The molecule has 4 heteroatoms. The van der Waals surface area contributed by atoms with Crippen LogP contribution in [-0.4, -0.2) is 36.7 Å². The molecule has 0 radical (unpaired) electrons. The molecule has 0 aromatic heterocycles. The average molecular weight is 290 g/mol. The van der Waals surface area contributed by atoms with Crippen LogP contribution in [0, 0.1) is 12.8 Å². The van der Waals surface area contributed by atoms with Gasteiger partial charge in [0.2, 0.25) is 0 Å². The topological polar surface area (TPSA) is 41.6 Å². The molecule has 0 aliphatic carbocycles. The Labute approximate surface area is 127 Å². The van der Waals surface area contributed by atoms with E-state index in [9.17, 15) is 4.79 Å². The third-order valence-electron chi connectivity index (χ3n) is 3.80. The minimum Gasteiger partial charge on any atom is -0.494 e. The Bertz CT molecular complexity index is 456. The summed E-state index contributed by atoms with van der Waals surface area (Å²) in [7, 11) is 0. The molecule has 1 fully saturated rings. The number of aryl methyl sites for hydroxylation is 1. The Kier molecular flexibility index (Phi) is 5.48. The fourth-order valence-electron chi connectivity index (χ4n) is 2.57. The Hall–Kier alpha value is -1.71. The van der Waals surface area contributed by atoms with Crippen LogP contribution in [0.4, 0.5) is 4.79 Å². The highest BCUT2D eigenvalue weighted by atomic mass is 16.5. The molecule has 1 atom stereocenters. The van der Waals surface area contributed by atoms with Crippen LogP contribution in [0.3, 0.4) is 0 Å². The van der Waals surface area contributed by atoms with Gasteiger partial charge in [0.25, 0.3) is 0 Å². The van der Waals surface area contributed by atoms with Crippen molar-refractivity contribution in [3.63, 3.8) is 0 Å². The number of carbonyl (C=O) groups is 1. The summed E-state index contributed by atoms with van der Waals surface area (Å²) in [6.07, 6.45) is 2.07. The van der Waals surface area contributed by atoms with Crippen LogP contribution in [0.5, 0.6) is 5.75 Å². The van der Waals surface area contributed by atoms with Crippen molar-refractivity contribution in [1.82, 2.24) is 10.2 Å². The second-order valence-corrected chi connectivity index (χ2v) is 6.16. The van der Waals surface area contributed by atoms with E-state index in [1.807, 2.05) is 30.9 Å². The van der Waals surface area contributed by atoms with Crippen molar-refractivity contribution in [2.75, 3.05) is 19.7 Å². The molecule has 1 aliphatic heterocycles. The van der Waals surface area contributed by atoms with E-state index < -0.39 is 0 Å². The van der Waals surface area contributed by atoms with E-state index in [1.54, 1.807) is 0 Å². The number of carbonyl (C=O) groups excluding carboxylic acids is 1. The highest BCUT2D eigenvalue weighted by Gasteiger charge is 2.26. The first kappa shape index (κ1) is 15.7. The second-order valence-electron chi connectivity index (χ2n) is 6.16. The van der Waals surface area contributed by atoms with Crippen molar-refractivity contribution in [3.05, 3.63) is 29.8 Å². The lowest BCUT2D eigenvalue weighted by Gasteiger charge is -2.19. The molecule has 1 unspecified atom stereocenters. The lowest BCUT2D eigenvalue weighted by molar-refractivity contribution is 0.202. The number of ether oxygens (including phenoxy) is 1. The van der Waals surface area contributed by atoms with Gasteiger partial charge in [0, 0.05) is 19.1 Å². The normalized spacial score (nSPS) is 18.1. The summed E-state index contributed by atoms with van der Waals surface area (Å²) in [5.41, 5.74) is 1.24. The van der Waals surface area contributed by atoms with Gasteiger partial charge in [-0.2, -0.15) is 0 Å². The number of urea groups is 1. The second kappa shape index (κ2) is 7.34. The molecule has 1 heterocycles. The molecule has 116 valence electrons. The predicted octanol–water partition coefficient (Wildman–Crippen LogP) is 3.20. The average Bonchev–Trinajstić information content (AvgIpc) is 2.89. The van der Waals surface area contributed by atoms with Crippen LogP contribution in [0.1, 0.15) is 32.3 Å². The van der Waals surface area contributed by atoms with Crippen LogP contribution in [0.2, 0.25) is 0 Å². The van der Waals surface area contributed by atoms with E-state index in [4.69, 9.17) is 4.74 Å². The number of likely N-dealkylation sites (tertiary alicyclic amines) is 1. The molecule has 0 saturated carbocycles. The zero-order valence-electron chi connectivity index (χ0n) is 13.3. The van der Waals surface area contributed by atoms with Crippen LogP contribution in [0.15, 0.2) is 24.3 Å². The number of rotatable bonds is 5. The smallest absolute Gasteiger partial charge is 0.317 e. The van der Waals surface area contributed by atoms with Gasteiger partial charge in [0.05, 0.1) is 6.61 Å². The minimum absolute atomic E-state index is 0.0620. The standard InChI is InChI=1S/C17H26N2O2/c1-13(2)18-17(20)19-10-8-15(12-19)9-11-21-16-6-4-14(3)5-7-16/h4-7,13,15H,8-12H2,1-3H3,(H,18,20). The van der Waals surface area contributed by atoms with E-state index in [0.717, 1.165) is 31.7 Å². The van der Waals surface area contributed by atoms with E-state index in [2.05, 4.69) is 24.4 Å². The van der Waals surface area contributed by atoms with Crippen molar-refractivity contribution in [3.8, 4) is 5.75 Å². The van der Waals surface area contributed by atoms with Crippen LogP contribution < -0.4 is 10.1 Å². The molecule has 2 rings (SSSR count). The first-order valence-corrected chi connectivity index (χ1v) is 7.79. The lowest BCUT2D eigenvalue weighted by Crippen LogP contribution is -2.41.